The van der Waals surface area contributed by atoms with Crippen molar-refractivity contribution in [3.8, 4) is 0 Å². The molecule has 27 heavy (non-hydrogen) atoms. The Morgan fingerprint density at radius 3 is 2.52 bits per heavy atom. The van der Waals surface area contributed by atoms with Crippen LogP contribution < -0.4 is 5.32 Å². The highest BCUT2D eigenvalue weighted by molar-refractivity contribution is 6.25. The molecule has 10 nitrogen and oxygen atoms in total. The third-order valence-electron chi connectivity index (χ3n) is 4.45. The van der Waals surface area contributed by atoms with Gasteiger partial charge in [-0.1, -0.05) is 0 Å². The number of nitrogens with one attached hydrogen (secondary N) is 1. The zero-order valence-corrected chi connectivity index (χ0v) is 16.2. The fraction of sp³-hybridized carbons (Fsp3) is 0.765. The van der Waals surface area contributed by atoms with Gasteiger partial charge >= 0.3 is 12.2 Å². The second-order valence-electron chi connectivity index (χ2n) is 6.50. The van der Waals surface area contributed by atoms with Crippen LogP contribution in [-0.4, -0.2) is 104 Å². The number of hydrogen-bond donors (Lipinski definition) is 1. The van der Waals surface area contributed by atoms with E-state index in [1.165, 1.54) is 7.11 Å². The van der Waals surface area contributed by atoms with Crippen molar-refractivity contribution in [2.75, 3.05) is 53.5 Å². The minimum Gasteiger partial charge on any atom is -0.463 e. The van der Waals surface area contributed by atoms with Gasteiger partial charge in [-0.05, 0) is 20.4 Å². The standard InChI is InChI=1S/C17H29N5O5/c1-13(26-3)16(24)20-15(5-4-14(23)12-19-18)17(25)27-11-10-22-8-6-21(2)7-9-22/h12-13,15H,4-11H2,1-3H3,(H,20,24)/t13-,15-/m0/s1. The van der Waals surface area contributed by atoms with E-state index in [4.69, 9.17) is 15.0 Å². The highest BCUT2D eigenvalue weighted by Gasteiger charge is 2.26. The molecule has 0 saturated carbocycles. The maximum absolute atomic E-state index is 12.4. The Kier molecular flexibility index (Phi) is 10.4. The second kappa shape index (κ2) is 12.3. The van der Waals surface area contributed by atoms with Crippen molar-refractivity contribution >= 4 is 23.9 Å². The van der Waals surface area contributed by atoms with Crippen LogP contribution in [0.15, 0.2) is 0 Å². The van der Waals surface area contributed by atoms with Crippen LogP contribution in [0.4, 0.5) is 0 Å². The number of nitrogens with zero attached hydrogens (tertiary/aromatic N) is 4. The molecular formula is C17H29N5O5. The van der Waals surface area contributed by atoms with Crippen molar-refractivity contribution in [2.45, 2.75) is 31.9 Å². The molecule has 0 unspecified atom stereocenters. The Morgan fingerprint density at radius 2 is 1.93 bits per heavy atom. The Labute approximate surface area is 159 Å². The number of hydrogen-bond acceptors (Lipinski definition) is 7. The number of Topliss-reactive ketones (excluding diaryl/α,β-unsaturated/α-hetero) is 1. The molecular weight excluding hydrogens is 354 g/mol. The first-order valence-corrected chi connectivity index (χ1v) is 8.98. The van der Waals surface area contributed by atoms with Gasteiger partial charge in [0, 0.05) is 46.3 Å². The zero-order chi connectivity index (χ0) is 20.2. The topological polar surface area (TPSA) is 125 Å². The summed E-state index contributed by atoms with van der Waals surface area (Å²) in [5.74, 6) is -1.53. The van der Waals surface area contributed by atoms with Gasteiger partial charge in [-0.15, -0.1) is 0 Å². The average Bonchev–Trinajstić information content (AvgIpc) is 2.65. The van der Waals surface area contributed by atoms with Crippen molar-refractivity contribution in [1.29, 1.82) is 0 Å². The minimum absolute atomic E-state index is 0.0420. The first-order chi connectivity index (χ1) is 12.9. The van der Waals surface area contributed by atoms with Crippen LogP contribution in [-0.2, 0) is 23.9 Å². The van der Waals surface area contributed by atoms with E-state index in [1.807, 2.05) is 0 Å². The Bertz CT molecular complexity index is 556. The summed E-state index contributed by atoms with van der Waals surface area (Å²) in [7, 11) is 3.45. The first kappa shape index (κ1) is 22.9. The molecule has 1 aliphatic heterocycles. The van der Waals surface area contributed by atoms with Crippen LogP contribution in [0.1, 0.15) is 19.8 Å². The van der Waals surface area contributed by atoms with Crippen LogP contribution in [0.3, 0.4) is 0 Å². The maximum Gasteiger partial charge on any atom is 0.328 e. The van der Waals surface area contributed by atoms with E-state index in [1.54, 1.807) is 6.92 Å². The zero-order valence-electron chi connectivity index (χ0n) is 16.2. The lowest BCUT2D eigenvalue weighted by molar-refractivity contribution is -0.149. The molecule has 10 heteroatoms. The number of likely N-dealkylation sites (N-methyl/N-ethyl adjacent to an activating group) is 1. The quantitative estimate of drug-likeness (QED) is 0.209. The number of ketones is 1. The van der Waals surface area contributed by atoms with Gasteiger partial charge in [0.25, 0.3) is 0 Å². The summed E-state index contributed by atoms with van der Waals surface area (Å²) in [6.45, 7) is 6.13. The van der Waals surface area contributed by atoms with Crippen molar-refractivity contribution in [3.63, 3.8) is 0 Å². The second-order valence-corrected chi connectivity index (χ2v) is 6.50. The Hall–Kier alpha value is -2.13. The summed E-state index contributed by atoms with van der Waals surface area (Å²) in [4.78, 5) is 42.9. The SMILES string of the molecule is CO[C@@H](C)C(=O)N[C@@H](CCC(=O)C=[N+]=[N-])C(=O)OCCN1CCN(C)CC1. The largest absolute Gasteiger partial charge is 0.463 e. The molecule has 1 saturated heterocycles. The van der Waals surface area contributed by atoms with E-state index in [2.05, 4.69) is 27.0 Å². The lowest BCUT2D eigenvalue weighted by atomic mass is 10.1. The van der Waals surface area contributed by atoms with Crippen LogP contribution in [0.25, 0.3) is 5.53 Å². The third kappa shape index (κ3) is 8.87. The molecule has 1 rings (SSSR count). The molecule has 2 atom stereocenters. The molecule has 1 aliphatic rings. The van der Waals surface area contributed by atoms with Crippen molar-refractivity contribution in [3.05, 3.63) is 5.53 Å². The molecule has 1 amide bonds. The third-order valence-corrected chi connectivity index (χ3v) is 4.45. The van der Waals surface area contributed by atoms with Gasteiger partial charge in [0.2, 0.25) is 11.7 Å². The number of methoxy groups -OCH3 is 1. The van der Waals surface area contributed by atoms with E-state index < -0.39 is 29.8 Å². The number of rotatable bonds is 11. The van der Waals surface area contributed by atoms with E-state index in [9.17, 15) is 14.4 Å². The Morgan fingerprint density at radius 1 is 1.26 bits per heavy atom. The van der Waals surface area contributed by atoms with Crippen LogP contribution in [0.5, 0.6) is 0 Å². The van der Waals surface area contributed by atoms with E-state index in [0.717, 1.165) is 32.4 Å². The summed E-state index contributed by atoms with van der Waals surface area (Å²) in [5, 5.41) is 2.54. The summed E-state index contributed by atoms with van der Waals surface area (Å²) < 4.78 is 10.2. The van der Waals surface area contributed by atoms with Crippen LogP contribution in [0.2, 0.25) is 0 Å². The molecule has 0 aliphatic carbocycles. The number of piperazine rings is 1. The summed E-state index contributed by atoms with van der Waals surface area (Å²) in [5.41, 5.74) is 8.38. The monoisotopic (exact) mass is 383 g/mol. The number of amides is 1. The first-order valence-electron chi connectivity index (χ1n) is 8.98. The fourth-order valence-corrected chi connectivity index (χ4v) is 2.51. The smallest absolute Gasteiger partial charge is 0.328 e. The lowest BCUT2D eigenvalue weighted by Gasteiger charge is -2.32. The molecule has 0 radical (unpaired) electrons. The molecule has 0 aromatic heterocycles. The summed E-state index contributed by atoms with van der Waals surface area (Å²) in [6, 6.07) is -0.973. The molecule has 1 fully saturated rings. The van der Waals surface area contributed by atoms with Gasteiger partial charge < -0.3 is 25.2 Å². The normalized spacial score (nSPS) is 17.4. The number of carbonyl (C=O) groups is 3. The van der Waals surface area contributed by atoms with Gasteiger partial charge in [0.05, 0.1) is 0 Å². The minimum atomic E-state index is -0.973. The maximum atomic E-state index is 12.4. The van der Waals surface area contributed by atoms with Gasteiger partial charge in [0.1, 0.15) is 18.8 Å². The fourth-order valence-electron chi connectivity index (χ4n) is 2.51. The molecule has 1 N–H and O–H groups in total. The lowest BCUT2D eigenvalue weighted by Crippen LogP contribution is -2.47. The highest BCUT2D eigenvalue weighted by Crippen LogP contribution is 2.04. The summed E-state index contributed by atoms with van der Waals surface area (Å²) in [6.07, 6.45) is -0.0000108. The van der Waals surface area contributed by atoms with Crippen molar-refractivity contribution in [2.24, 2.45) is 0 Å². The molecule has 152 valence electrons. The van der Waals surface area contributed by atoms with Crippen molar-refractivity contribution < 1.29 is 28.6 Å². The number of esters is 1. The molecule has 0 aromatic carbocycles. The van der Waals surface area contributed by atoms with E-state index >= 15 is 0 Å². The van der Waals surface area contributed by atoms with Gasteiger partial charge in [-0.3, -0.25) is 14.5 Å². The van der Waals surface area contributed by atoms with E-state index in [0.29, 0.717) is 6.54 Å². The number of ether oxygens (including phenoxy) is 2. The molecule has 1 heterocycles. The molecule has 0 spiro atoms. The predicted molar refractivity (Wildman–Crippen MR) is 97.2 cm³/mol. The summed E-state index contributed by atoms with van der Waals surface area (Å²) >= 11 is 0. The van der Waals surface area contributed by atoms with Gasteiger partial charge in [-0.25, -0.2) is 4.79 Å². The van der Waals surface area contributed by atoms with Gasteiger partial charge in [0.15, 0.2) is 0 Å². The Balaban J connectivity index is 2.52. The van der Waals surface area contributed by atoms with Crippen molar-refractivity contribution in [1.82, 2.24) is 15.1 Å². The molecule has 0 bridgehead atoms. The average molecular weight is 383 g/mol. The van der Waals surface area contributed by atoms with Crippen LogP contribution in [0, 0.1) is 0 Å². The predicted octanol–water partition coefficient (Wildman–Crippen LogP) is -1.05. The van der Waals surface area contributed by atoms with Crippen LogP contribution >= 0.6 is 0 Å². The molecule has 0 aromatic rings. The number of carbonyl (C=O) groups excluding carboxylic acids is 3. The van der Waals surface area contributed by atoms with E-state index in [-0.39, 0.29) is 19.4 Å². The van der Waals surface area contributed by atoms with Gasteiger partial charge in [-0.2, -0.15) is 4.79 Å². The highest BCUT2D eigenvalue weighted by atomic mass is 16.5.